The van der Waals surface area contributed by atoms with E-state index in [1.165, 1.54) is 19.3 Å². The summed E-state index contributed by atoms with van der Waals surface area (Å²) in [5, 5.41) is 0. The maximum Gasteiger partial charge on any atom is 0.243 e. The van der Waals surface area contributed by atoms with E-state index in [1.54, 1.807) is 0 Å². The summed E-state index contributed by atoms with van der Waals surface area (Å²) in [6.45, 7) is 9.12. The zero-order valence-corrected chi connectivity index (χ0v) is 12.7. The van der Waals surface area contributed by atoms with E-state index < -0.39 is 0 Å². The highest BCUT2D eigenvalue weighted by Crippen LogP contribution is 2.66. The predicted molar refractivity (Wildman–Crippen MR) is 74.6 cm³/mol. The van der Waals surface area contributed by atoms with E-state index in [0.717, 1.165) is 19.1 Å². The average molecular weight is 263 g/mol. The standard InChI is InChI=1S/C16H27N2O/c1-15(2)13-5-6-16(15,3)14(11-13)19-10-9-18-8-7-17(4)12-18/h7-8,12-14H,5-6,9-11H2,1-4H3/q+1/t13-,14-,16+/m0/s1. The fourth-order valence-electron chi connectivity index (χ4n) is 4.32. The number of hydrogen-bond donors (Lipinski definition) is 0. The van der Waals surface area contributed by atoms with Crippen molar-refractivity contribution in [1.82, 2.24) is 4.57 Å². The molecule has 3 atom stereocenters. The monoisotopic (exact) mass is 263 g/mol. The van der Waals surface area contributed by atoms with Gasteiger partial charge in [-0.2, -0.15) is 0 Å². The Bertz CT molecular complexity index is 465. The van der Waals surface area contributed by atoms with Crippen LogP contribution in [-0.4, -0.2) is 17.3 Å². The minimum Gasteiger partial charge on any atom is -0.374 e. The largest absolute Gasteiger partial charge is 0.374 e. The second-order valence-electron chi connectivity index (χ2n) is 7.29. The number of hydrogen-bond acceptors (Lipinski definition) is 1. The van der Waals surface area contributed by atoms with Gasteiger partial charge < -0.3 is 4.74 Å². The van der Waals surface area contributed by atoms with E-state index >= 15 is 0 Å². The van der Waals surface area contributed by atoms with Crippen LogP contribution in [0.3, 0.4) is 0 Å². The molecule has 3 rings (SSSR count). The molecular formula is C16H27N2O+. The maximum absolute atomic E-state index is 6.26. The fraction of sp³-hybridized carbons (Fsp3) is 0.812. The van der Waals surface area contributed by atoms with Crippen LogP contribution in [0.1, 0.15) is 40.0 Å². The summed E-state index contributed by atoms with van der Waals surface area (Å²) in [5.41, 5.74) is 0.844. The molecule has 2 aliphatic carbocycles. The van der Waals surface area contributed by atoms with Gasteiger partial charge in [-0.25, -0.2) is 9.13 Å². The second-order valence-corrected chi connectivity index (χ2v) is 7.29. The lowest BCUT2D eigenvalue weighted by atomic mass is 9.70. The molecule has 1 aromatic heterocycles. The highest BCUT2D eigenvalue weighted by molar-refractivity contribution is 5.11. The van der Waals surface area contributed by atoms with Crippen molar-refractivity contribution < 1.29 is 9.30 Å². The number of fused-ring (bicyclic) bond motifs is 2. The zero-order valence-electron chi connectivity index (χ0n) is 12.7. The average Bonchev–Trinajstić information content (AvgIpc) is 2.90. The molecule has 0 saturated heterocycles. The third-order valence-corrected chi connectivity index (χ3v) is 6.21. The molecule has 0 amide bonds. The number of aromatic nitrogens is 2. The van der Waals surface area contributed by atoms with E-state index in [1.807, 2.05) is 0 Å². The number of aryl methyl sites for hydroxylation is 1. The molecule has 0 N–H and O–H groups in total. The van der Waals surface area contributed by atoms with Gasteiger partial charge >= 0.3 is 0 Å². The number of imidazole rings is 1. The first kappa shape index (κ1) is 13.2. The fourth-order valence-corrected chi connectivity index (χ4v) is 4.32. The third-order valence-electron chi connectivity index (χ3n) is 6.21. The summed E-state index contributed by atoms with van der Waals surface area (Å²) < 4.78 is 10.5. The van der Waals surface area contributed by atoms with Crippen LogP contribution in [0.25, 0.3) is 0 Å². The highest BCUT2D eigenvalue weighted by Gasteiger charge is 2.61. The summed E-state index contributed by atoms with van der Waals surface area (Å²) >= 11 is 0. The van der Waals surface area contributed by atoms with Gasteiger partial charge in [0.25, 0.3) is 0 Å². The van der Waals surface area contributed by atoms with Crippen molar-refractivity contribution in [2.24, 2.45) is 23.8 Å². The molecule has 2 aliphatic rings. The lowest BCUT2D eigenvalue weighted by Gasteiger charge is -2.38. The predicted octanol–water partition coefficient (Wildman–Crippen LogP) is 2.54. The van der Waals surface area contributed by atoms with Crippen LogP contribution in [0.15, 0.2) is 18.7 Å². The molecule has 0 unspecified atom stereocenters. The van der Waals surface area contributed by atoms with E-state index in [9.17, 15) is 0 Å². The Labute approximate surface area is 116 Å². The molecule has 106 valence electrons. The van der Waals surface area contributed by atoms with Crippen molar-refractivity contribution in [3.63, 3.8) is 0 Å². The minimum atomic E-state index is 0.388. The van der Waals surface area contributed by atoms with Gasteiger partial charge in [0.2, 0.25) is 6.33 Å². The first-order valence-corrected chi connectivity index (χ1v) is 7.56. The summed E-state index contributed by atoms with van der Waals surface area (Å²) in [7, 11) is 2.05. The van der Waals surface area contributed by atoms with Crippen molar-refractivity contribution in [1.29, 1.82) is 0 Å². The Morgan fingerprint density at radius 3 is 2.68 bits per heavy atom. The van der Waals surface area contributed by atoms with Gasteiger partial charge in [-0.1, -0.05) is 20.8 Å². The lowest BCUT2D eigenvalue weighted by molar-refractivity contribution is -0.671. The Morgan fingerprint density at radius 1 is 1.37 bits per heavy atom. The van der Waals surface area contributed by atoms with Crippen LogP contribution >= 0.6 is 0 Å². The summed E-state index contributed by atoms with van der Waals surface area (Å²) in [6.07, 6.45) is 10.8. The first-order valence-electron chi connectivity index (χ1n) is 7.56. The molecule has 1 heterocycles. The van der Waals surface area contributed by atoms with E-state index in [0.29, 0.717) is 16.9 Å². The van der Waals surface area contributed by atoms with Gasteiger partial charge in [-0.3, -0.25) is 0 Å². The molecule has 19 heavy (non-hydrogen) atoms. The van der Waals surface area contributed by atoms with Crippen LogP contribution < -0.4 is 4.57 Å². The second kappa shape index (κ2) is 4.34. The Morgan fingerprint density at radius 2 is 2.16 bits per heavy atom. The van der Waals surface area contributed by atoms with Crippen LogP contribution in [0, 0.1) is 16.7 Å². The Hall–Kier alpha value is -0.830. The Balaban J connectivity index is 1.57. The number of ether oxygens (including phenoxy) is 1. The van der Waals surface area contributed by atoms with Crippen molar-refractivity contribution in [2.45, 2.75) is 52.7 Å². The van der Waals surface area contributed by atoms with E-state index in [4.69, 9.17) is 4.74 Å². The lowest BCUT2D eigenvalue weighted by Crippen LogP contribution is -2.37. The van der Waals surface area contributed by atoms with Gasteiger partial charge in [0.05, 0.1) is 19.8 Å². The summed E-state index contributed by atoms with van der Waals surface area (Å²) in [6, 6.07) is 0. The number of rotatable bonds is 4. The SMILES string of the molecule is C[n+]1ccn(CCO[C@H]2C[C@@H]3CC[C@@]2(C)C3(C)C)c1. The molecule has 0 spiro atoms. The third kappa shape index (κ3) is 1.94. The molecule has 0 radical (unpaired) electrons. The quantitative estimate of drug-likeness (QED) is 0.764. The van der Waals surface area contributed by atoms with E-state index in [2.05, 4.69) is 55.7 Å². The minimum absolute atomic E-state index is 0.388. The molecule has 2 saturated carbocycles. The highest BCUT2D eigenvalue weighted by atomic mass is 16.5. The molecule has 0 aromatic carbocycles. The molecular weight excluding hydrogens is 236 g/mol. The van der Waals surface area contributed by atoms with E-state index in [-0.39, 0.29) is 0 Å². The molecule has 2 fully saturated rings. The topological polar surface area (TPSA) is 18.0 Å². The summed E-state index contributed by atoms with van der Waals surface area (Å²) in [5.74, 6) is 0.867. The van der Waals surface area contributed by atoms with Crippen molar-refractivity contribution >= 4 is 0 Å². The van der Waals surface area contributed by atoms with Crippen molar-refractivity contribution in [2.75, 3.05) is 6.61 Å². The van der Waals surface area contributed by atoms with Crippen LogP contribution in [-0.2, 0) is 18.3 Å². The summed E-state index contributed by atoms with van der Waals surface area (Å²) in [4.78, 5) is 0. The van der Waals surface area contributed by atoms with Crippen LogP contribution in [0.5, 0.6) is 0 Å². The molecule has 0 aliphatic heterocycles. The van der Waals surface area contributed by atoms with Crippen LogP contribution in [0.4, 0.5) is 0 Å². The van der Waals surface area contributed by atoms with Gasteiger partial charge in [0, 0.05) is 0 Å². The van der Waals surface area contributed by atoms with Gasteiger partial charge in [-0.05, 0) is 36.0 Å². The molecule has 1 aromatic rings. The maximum atomic E-state index is 6.26. The van der Waals surface area contributed by atoms with Gasteiger partial charge in [0.15, 0.2) is 0 Å². The van der Waals surface area contributed by atoms with Gasteiger partial charge in [0.1, 0.15) is 18.9 Å². The first-order chi connectivity index (χ1) is 8.93. The smallest absolute Gasteiger partial charge is 0.243 e. The Kier molecular flexibility index (Phi) is 3.01. The molecule has 3 heteroatoms. The molecule has 2 bridgehead atoms. The number of nitrogens with zero attached hydrogens (tertiary/aromatic N) is 2. The molecule has 3 nitrogen and oxygen atoms in total. The van der Waals surface area contributed by atoms with Crippen molar-refractivity contribution in [3.05, 3.63) is 18.7 Å². The van der Waals surface area contributed by atoms with Crippen molar-refractivity contribution in [3.8, 4) is 0 Å². The van der Waals surface area contributed by atoms with Gasteiger partial charge in [-0.15, -0.1) is 0 Å². The zero-order chi connectivity index (χ0) is 13.7. The van der Waals surface area contributed by atoms with Crippen LogP contribution in [0.2, 0.25) is 0 Å². The normalized spacial score (nSPS) is 36.0.